The third kappa shape index (κ3) is 5.09. The van der Waals surface area contributed by atoms with Crippen molar-refractivity contribution in [3.8, 4) is 5.75 Å². The lowest BCUT2D eigenvalue weighted by Gasteiger charge is -2.14. The zero-order chi connectivity index (χ0) is 17.5. The van der Waals surface area contributed by atoms with Gasteiger partial charge in [0.05, 0.1) is 12.8 Å². The Hall–Kier alpha value is -2.34. The quantitative estimate of drug-likeness (QED) is 0.583. The van der Waals surface area contributed by atoms with Gasteiger partial charge in [-0.3, -0.25) is 4.79 Å². The number of methoxy groups -OCH3 is 1. The lowest BCUT2D eigenvalue weighted by atomic mass is 10.1. The van der Waals surface area contributed by atoms with Gasteiger partial charge in [-0.2, -0.15) is 5.10 Å². The van der Waals surface area contributed by atoms with Crippen LogP contribution in [0, 0.1) is 0 Å². The van der Waals surface area contributed by atoms with E-state index in [2.05, 4.69) is 31.8 Å². The van der Waals surface area contributed by atoms with E-state index in [-0.39, 0.29) is 5.91 Å². The number of rotatable bonds is 6. The van der Waals surface area contributed by atoms with Gasteiger partial charge in [-0.15, -0.1) is 0 Å². The van der Waals surface area contributed by atoms with Crippen LogP contribution in [-0.4, -0.2) is 24.8 Å². The monoisotopic (exact) mass is 389 g/mol. The van der Waals surface area contributed by atoms with Crippen molar-refractivity contribution < 1.29 is 9.53 Å². The van der Waals surface area contributed by atoms with Crippen LogP contribution >= 0.6 is 15.9 Å². The molecule has 2 rings (SSSR count). The summed E-state index contributed by atoms with van der Waals surface area (Å²) in [5, 5.41) is 7.28. The molecule has 0 radical (unpaired) electrons. The van der Waals surface area contributed by atoms with Crippen LogP contribution in [-0.2, 0) is 4.79 Å². The Balaban J connectivity index is 1.92. The Labute approximate surface area is 150 Å². The first-order chi connectivity index (χ1) is 11.5. The maximum Gasteiger partial charge on any atom is 0.262 e. The van der Waals surface area contributed by atoms with Crippen LogP contribution < -0.4 is 15.5 Å². The SMILES string of the molecule is COc1ccc(NC(C)C(=O)N/N=C(\C)c2ccc(Br)cc2)cc1. The zero-order valence-electron chi connectivity index (χ0n) is 13.8. The lowest BCUT2D eigenvalue weighted by Crippen LogP contribution is -2.35. The minimum Gasteiger partial charge on any atom is -0.497 e. The summed E-state index contributed by atoms with van der Waals surface area (Å²) in [6, 6.07) is 14.7. The molecule has 5 nitrogen and oxygen atoms in total. The topological polar surface area (TPSA) is 62.7 Å². The summed E-state index contributed by atoms with van der Waals surface area (Å²) < 4.78 is 6.11. The number of halogens is 1. The van der Waals surface area contributed by atoms with Crippen LogP contribution in [0.2, 0.25) is 0 Å². The average molecular weight is 390 g/mol. The number of nitrogens with one attached hydrogen (secondary N) is 2. The fourth-order valence-corrected chi connectivity index (χ4v) is 2.26. The number of hydrazone groups is 1. The molecule has 2 N–H and O–H groups in total. The van der Waals surface area contributed by atoms with Gasteiger partial charge in [0.2, 0.25) is 0 Å². The molecule has 6 heteroatoms. The Morgan fingerprint density at radius 3 is 2.33 bits per heavy atom. The Morgan fingerprint density at radius 1 is 1.12 bits per heavy atom. The van der Waals surface area contributed by atoms with E-state index in [0.717, 1.165) is 27.2 Å². The first-order valence-corrected chi connectivity index (χ1v) is 8.29. The summed E-state index contributed by atoms with van der Waals surface area (Å²) >= 11 is 3.39. The molecule has 1 amide bonds. The summed E-state index contributed by atoms with van der Waals surface area (Å²) in [6.45, 7) is 3.63. The van der Waals surface area contributed by atoms with Crippen molar-refractivity contribution in [2.75, 3.05) is 12.4 Å². The van der Waals surface area contributed by atoms with Crippen LogP contribution in [0.5, 0.6) is 5.75 Å². The van der Waals surface area contributed by atoms with Gasteiger partial charge in [0.15, 0.2) is 0 Å². The van der Waals surface area contributed by atoms with Crippen molar-refractivity contribution in [1.29, 1.82) is 0 Å². The van der Waals surface area contributed by atoms with Crippen molar-refractivity contribution in [2.24, 2.45) is 5.10 Å². The highest BCUT2D eigenvalue weighted by Gasteiger charge is 2.12. The van der Waals surface area contributed by atoms with Gasteiger partial charge >= 0.3 is 0 Å². The van der Waals surface area contributed by atoms with Crippen LogP contribution in [0.15, 0.2) is 58.1 Å². The lowest BCUT2D eigenvalue weighted by molar-refractivity contribution is -0.121. The molecular weight excluding hydrogens is 370 g/mol. The number of benzene rings is 2. The van der Waals surface area contributed by atoms with Crippen LogP contribution in [0.3, 0.4) is 0 Å². The second-order valence-electron chi connectivity index (χ2n) is 5.27. The third-order valence-electron chi connectivity index (χ3n) is 3.46. The van der Waals surface area contributed by atoms with Crippen molar-refractivity contribution in [3.05, 3.63) is 58.6 Å². The Bertz CT molecular complexity index is 712. The number of carbonyl (C=O) groups is 1. The zero-order valence-corrected chi connectivity index (χ0v) is 15.4. The molecular formula is C18H20BrN3O2. The van der Waals surface area contributed by atoms with Crippen LogP contribution in [0.25, 0.3) is 0 Å². The van der Waals surface area contributed by atoms with E-state index in [9.17, 15) is 4.79 Å². The van der Waals surface area contributed by atoms with Crippen molar-refractivity contribution in [3.63, 3.8) is 0 Å². The number of amides is 1. The van der Waals surface area contributed by atoms with E-state index in [4.69, 9.17) is 4.74 Å². The maximum absolute atomic E-state index is 12.1. The summed E-state index contributed by atoms with van der Waals surface area (Å²) in [7, 11) is 1.62. The maximum atomic E-state index is 12.1. The minimum atomic E-state index is -0.417. The molecule has 0 aromatic heterocycles. The Kier molecular flexibility index (Phi) is 6.37. The third-order valence-corrected chi connectivity index (χ3v) is 3.99. The van der Waals surface area contributed by atoms with Crippen LogP contribution in [0.4, 0.5) is 5.69 Å². The number of ether oxygens (including phenoxy) is 1. The molecule has 0 aliphatic heterocycles. The molecule has 1 atom stereocenters. The van der Waals surface area contributed by atoms with E-state index in [0.29, 0.717) is 0 Å². The second-order valence-corrected chi connectivity index (χ2v) is 6.19. The first-order valence-electron chi connectivity index (χ1n) is 7.50. The summed E-state index contributed by atoms with van der Waals surface area (Å²) in [6.07, 6.45) is 0. The van der Waals surface area contributed by atoms with Gasteiger partial charge in [0.25, 0.3) is 5.91 Å². The Morgan fingerprint density at radius 2 is 1.75 bits per heavy atom. The molecule has 1 unspecified atom stereocenters. The molecule has 0 saturated heterocycles. The van der Waals surface area contributed by atoms with Gasteiger partial charge in [-0.05, 0) is 55.8 Å². The average Bonchev–Trinajstić information content (AvgIpc) is 2.60. The molecule has 0 aliphatic carbocycles. The normalized spacial score (nSPS) is 12.4. The number of hydrogen-bond acceptors (Lipinski definition) is 4. The summed E-state index contributed by atoms with van der Waals surface area (Å²) in [4.78, 5) is 12.1. The van der Waals surface area contributed by atoms with Crippen molar-refractivity contribution >= 4 is 33.2 Å². The highest BCUT2D eigenvalue weighted by atomic mass is 79.9. The molecule has 24 heavy (non-hydrogen) atoms. The second kappa shape index (κ2) is 8.49. The molecule has 126 valence electrons. The summed E-state index contributed by atoms with van der Waals surface area (Å²) in [5.41, 5.74) is 5.12. The standard InChI is InChI=1S/C18H20BrN3O2/c1-12(14-4-6-15(19)7-5-14)21-22-18(23)13(2)20-16-8-10-17(24-3)11-9-16/h4-11,13,20H,1-3H3,(H,22,23)/b21-12+. The predicted octanol–water partition coefficient (Wildman–Crippen LogP) is 3.80. The van der Waals surface area contributed by atoms with E-state index in [1.165, 1.54) is 0 Å². The molecule has 0 fully saturated rings. The number of nitrogens with zero attached hydrogens (tertiary/aromatic N) is 1. The largest absolute Gasteiger partial charge is 0.497 e. The molecule has 2 aromatic carbocycles. The molecule has 2 aromatic rings. The molecule has 0 saturated carbocycles. The number of hydrogen-bond donors (Lipinski definition) is 2. The van der Waals surface area contributed by atoms with Gasteiger partial charge in [0.1, 0.15) is 11.8 Å². The highest BCUT2D eigenvalue weighted by molar-refractivity contribution is 9.10. The molecule has 0 aliphatic rings. The van der Waals surface area contributed by atoms with E-state index in [1.54, 1.807) is 14.0 Å². The molecule has 0 spiro atoms. The van der Waals surface area contributed by atoms with Crippen molar-refractivity contribution in [1.82, 2.24) is 5.43 Å². The summed E-state index contributed by atoms with van der Waals surface area (Å²) in [5.74, 6) is 0.564. The minimum absolute atomic E-state index is 0.206. The fourth-order valence-electron chi connectivity index (χ4n) is 1.99. The number of carbonyl (C=O) groups excluding carboxylic acids is 1. The van der Waals surface area contributed by atoms with Gasteiger partial charge in [-0.25, -0.2) is 5.43 Å². The smallest absolute Gasteiger partial charge is 0.262 e. The predicted molar refractivity (Wildman–Crippen MR) is 101 cm³/mol. The van der Waals surface area contributed by atoms with Crippen molar-refractivity contribution in [2.45, 2.75) is 19.9 Å². The molecule has 0 bridgehead atoms. The van der Waals surface area contributed by atoms with E-state index in [1.807, 2.05) is 55.5 Å². The van der Waals surface area contributed by atoms with E-state index < -0.39 is 6.04 Å². The fraction of sp³-hybridized carbons (Fsp3) is 0.222. The molecule has 0 heterocycles. The van der Waals surface area contributed by atoms with E-state index >= 15 is 0 Å². The van der Waals surface area contributed by atoms with Gasteiger partial charge in [-0.1, -0.05) is 28.1 Å². The van der Waals surface area contributed by atoms with Gasteiger partial charge < -0.3 is 10.1 Å². The highest BCUT2D eigenvalue weighted by Crippen LogP contribution is 2.15. The first kappa shape index (κ1) is 18.0. The number of anilines is 1. The van der Waals surface area contributed by atoms with Crippen LogP contribution in [0.1, 0.15) is 19.4 Å². The van der Waals surface area contributed by atoms with Gasteiger partial charge in [0, 0.05) is 10.2 Å².